The molecule has 0 aromatic rings. The SMILES string of the molecule is C[Si](C)(C)C[C@@H]1C[C@H]1Cl. The summed E-state index contributed by atoms with van der Waals surface area (Å²) >= 11 is 5.88. The van der Waals surface area contributed by atoms with Crippen LogP contribution in [0.3, 0.4) is 0 Å². The highest BCUT2D eigenvalue weighted by atomic mass is 35.5. The van der Waals surface area contributed by atoms with Crippen LogP contribution in [0.1, 0.15) is 6.42 Å². The lowest BCUT2D eigenvalue weighted by Gasteiger charge is -2.13. The standard InChI is InChI=1S/C7H15ClSi/c1-9(2,3)5-6-4-7(6)8/h6-7H,4-5H2,1-3H3/t6-,7+/m0/s1. The first-order valence-corrected chi connectivity index (χ1v) is 7.77. The molecule has 0 N–H and O–H groups in total. The zero-order valence-electron chi connectivity index (χ0n) is 6.45. The molecule has 0 spiro atoms. The van der Waals surface area contributed by atoms with Gasteiger partial charge in [0.2, 0.25) is 0 Å². The molecule has 1 saturated carbocycles. The fourth-order valence-corrected chi connectivity index (χ4v) is 3.70. The molecule has 1 fully saturated rings. The van der Waals surface area contributed by atoms with E-state index < -0.39 is 8.07 Å². The van der Waals surface area contributed by atoms with Gasteiger partial charge in [-0.15, -0.1) is 11.6 Å². The lowest BCUT2D eigenvalue weighted by molar-refractivity contribution is 0.950. The predicted octanol–water partition coefficient (Wildman–Crippen LogP) is 2.95. The minimum absolute atomic E-state index is 0.539. The Hall–Kier alpha value is 0.507. The van der Waals surface area contributed by atoms with Gasteiger partial charge < -0.3 is 0 Å². The molecular formula is C7H15ClSi. The van der Waals surface area contributed by atoms with Crippen molar-refractivity contribution in [3.8, 4) is 0 Å². The molecule has 0 aromatic carbocycles. The van der Waals surface area contributed by atoms with Crippen LogP contribution >= 0.6 is 11.6 Å². The zero-order valence-corrected chi connectivity index (χ0v) is 8.20. The molecule has 54 valence electrons. The van der Waals surface area contributed by atoms with Gasteiger partial charge in [-0.1, -0.05) is 25.7 Å². The average molecular weight is 163 g/mol. The summed E-state index contributed by atoms with van der Waals surface area (Å²) in [7, 11) is -0.784. The van der Waals surface area contributed by atoms with Crippen LogP contribution in [-0.2, 0) is 0 Å². The lowest BCUT2D eigenvalue weighted by atomic mass is 10.5. The fourth-order valence-electron chi connectivity index (χ4n) is 1.21. The van der Waals surface area contributed by atoms with Crippen molar-refractivity contribution in [1.29, 1.82) is 0 Å². The maximum atomic E-state index is 5.88. The Balaban J connectivity index is 2.19. The Bertz CT molecular complexity index is 106. The van der Waals surface area contributed by atoms with Crippen molar-refractivity contribution < 1.29 is 0 Å². The number of hydrogen-bond donors (Lipinski definition) is 0. The molecule has 0 radical (unpaired) electrons. The summed E-state index contributed by atoms with van der Waals surface area (Å²) in [5, 5.41) is 0.539. The first-order valence-electron chi connectivity index (χ1n) is 3.63. The Labute approximate surface area is 63.6 Å². The van der Waals surface area contributed by atoms with Gasteiger partial charge in [-0.3, -0.25) is 0 Å². The Morgan fingerprint density at radius 2 is 1.89 bits per heavy atom. The van der Waals surface area contributed by atoms with Crippen LogP contribution in [-0.4, -0.2) is 13.5 Å². The van der Waals surface area contributed by atoms with E-state index in [1.165, 1.54) is 12.5 Å². The summed E-state index contributed by atoms with van der Waals surface area (Å²) in [6.45, 7) is 7.23. The van der Waals surface area contributed by atoms with Gasteiger partial charge in [0.05, 0.1) is 0 Å². The molecular weight excluding hydrogens is 148 g/mol. The average Bonchev–Trinajstić information content (AvgIpc) is 2.13. The molecule has 0 nitrogen and oxygen atoms in total. The van der Waals surface area contributed by atoms with Crippen LogP contribution in [0.4, 0.5) is 0 Å². The lowest BCUT2D eigenvalue weighted by Crippen LogP contribution is -2.20. The van der Waals surface area contributed by atoms with Crippen LogP contribution in [0.15, 0.2) is 0 Å². The summed E-state index contributed by atoms with van der Waals surface area (Å²) < 4.78 is 0. The van der Waals surface area contributed by atoms with Crippen LogP contribution < -0.4 is 0 Å². The molecule has 0 unspecified atom stereocenters. The fraction of sp³-hybridized carbons (Fsp3) is 1.00. The van der Waals surface area contributed by atoms with Crippen molar-refractivity contribution >= 4 is 19.7 Å². The second-order valence-electron chi connectivity index (χ2n) is 4.28. The van der Waals surface area contributed by atoms with Crippen LogP contribution in [0, 0.1) is 5.92 Å². The van der Waals surface area contributed by atoms with Crippen molar-refractivity contribution in [3.05, 3.63) is 0 Å². The molecule has 9 heavy (non-hydrogen) atoms. The highest BCUT2D eigenvalue weighted by Crippen LogP contribution is 2.42. The van der Waals surface area contributed by atoms with Gasteiger partial charge >= 0.3 is 0 Å². The number of halogens is 1. The topological polar surface area (TPSA) is 0 Å². The number of alkyl halides is 1. The van der Waals surface area contributed by atoms with E-state index >= 15 is 0 Å². The van der Waals surface area contributed by atoms with E-state index in [0.29, 0.717) is 5.38 Å². The molecule has 0 heterocycles. The third-order valence-electron chi connectivity index (χ3n) is 1.71. The van der Waals surface area contributed by atoms with Crippen molar-refractivity contribution in [2.75, 3.05) is 0 Å². The second-order valence-corrected chi connectivity index (χ2v) is 10.4. The van der Waals surface area contributed by atoms with Crippen LogP contribution in [0.5, 0.6) is 0 Å². The molecule has 1 aliphatic carbocycles. The summed E-state index contributed by atoms with van der Waals surface area (Å²) in [6.07, 6.45) is 1.28. The molecule has 1 rings (SSSR count). The predicted molar refractivity (Wildman–Crippen MR) is 45.9 cm³/mol. The molecule has 0 bridgehead atoms. The molecule has 2 atom stereocenters. The molecule has 1 aliphatic rings. The van der Waals surface area contributed by atoms with Gasteiger partial charge in [0.25, 0.3) is 0 Å². The van der Waals surface area contributed by atoms with Crippen LogP contribution in [0.2, 0.25) is 25.7 Å². The molecule has 0 amide bonds. The van der Waals surface area contributed by atoms with E-state index in [9.17, 15) is 0 Å². The molecule has 0 aromatic heterocycles. The first-order chi connectivity index (χ1) is 3.99. The highest BCUT2D eigenvalue weighted by molar-refractivity contribution is 6.76. The quantitative estimate of drug-likeness (QED) is 0.433. The van der Waals surface area contributed by atoms with Crippen molar-refractivity contribution in [2.45, 2.75) is 37.5 Å². The summed E-state index contributed by atoms with van der Waals surface area (Å²) in [6, 6.07) is 1.43. The monoisotopic (exact) mass is 162 g/mol. The highest BCUT2D eigenvalue weighted by Gasteiger charge is 2.38. The van der Waals surface area contributed by atoms with Crippen molar-refractivity contribution in [2.24, 2.45) is 5.92 Å². The smallest absolute Gasteiger partial charge is 0.0445 e. The van der Waals surface area contributed by atoms with E-state index in [1.54, 1.807) is 0 Å². The second kappa shape index (κ2) is 2.28. The minimum Gasteiger partial charge on any atom is -0.123 e. The van der Waals surface area contributed by atoms with Crippen LogP contribution in [0.25, 0.3) is 0 Å². The summed E-state index contributed by atoms with van der Waals surface area (Å²) in [5.41, 5.74) is 0. The Morgan fingerprint density at radius 1 is 1.44 bits per heavy atom. The maximum absolute atomic E-state index is 5.88. The van der Waals surface area contributed by atoms with E-state index in [2.05, 4.69) is 19.6 Å². The van der Waals surface area contributed by atoms with E-state index in [4.69, 9.17) is 11.6 Å². The molecule has 0 aliphatic heterocycles. The summed E-state index contributed by atoms with van der Waals surface area (Å²) in [4.78, 5) is 0. The number of hydrogen-bond acceptors (Lipinski definition) is 0. The van der Waals surface area contributed by atoms with Gasteiger partial charge in [0, 0.05) is 13.5 Å². The Morgan fingerprint density at radius 3 is 2.00 bits per heavy atom. The third kappa shape index (κ3) is 2.72. The summed E-state index contributed by atoms with van der Waals surface area (Å²) in [5.74, 6) is 0.887. The molecule has 2 heteroatoms. The van der Waals surface area contributed by atoms with Crippen molar-refractivity contribution in [3.63, 3.8) is 0 Å². The van der Waals surface area contributed by atoms with Gasteiger partial charge in [-0.2, -0.15) is 0 Å². The third-order valence-corrected chi connectivity index (χ3v) is 3.99. The normalized spacial score (nSPS) is 34.7. The van der Waals surface area contributed by atoms with Gasteiger partial charge in [0.15, 0.2) is 0 Å². The largest absolute Gasteiger partial charge is 0.123 e. The zero-order chi connectivity index (χ0) is 7.07. The van der Waals surface area contributed by atoms with Gasteiger partial charge in [-0.25, -0.2) is 0 Å². The van der Waals surface area contributed by atoms with E-state index in [-0.39, 0.29) is 0 Å². The first kappa shape index (κ1) is 7.61. The number of rotatable bonds is 2. The van der Waals surface area contributed by atoms with E-state index in [1.807, 2.05) is 0 Å². The van der Waals surface area contributed by atoms with Gasteiger partial charge in [-0.05, 0) is 12.3 Å². The maximum Gasteiger partial charge on any atom is 0.0445 e. The minimum atomic E-state index is -0.784. The van der Waals surface area contributed by atoms with E-state index in [0.717, 1.165) is 5.92 Å². The Kier molecular flexibility index (Phi) is 1.93. The van der Waals surface area contributed by atoms with Crippen molar-refractivity contribution in [1.82, 2.24) is 0 Å². The van der Waals surface area contributed by atoms with Gasteiger partial charge in [0.1, 0.15) is 0 Å². The molecule has 0 saturated heterocycles.